The van der Waals surface area contributed by atoms with Crippen molar-refractivity contribution >= 4 is 29.1 Å². The van der Waals surface area contributed by atoms with Crippen molar-refractivity contribution in [1.29, 1.82) is 0 Å². The van der Waals surface area contributed by atoms with Gasteiger partial charge in [0.15, 0.2) is 0 Å². The number of rotatable bonds is 5. The zero-order valence-corrected chi connectivity index (χ0v) is 13.1. The van der Waals surface area contributed by atoms with E-state index in [1.165, 1.54) is 17.7 Å². The van der Waals surface area contributed by atoms with Crippen LogP contribution in [0.4, 0.5) is 0 Å². The van der Waals surface area contributed by atoms with Crippen LogP contribution in [0.1, 0.15) is 32.6 Å². The summed E-state index contributed by atoms with van der Waals surface area (Å²) in [5.74, 6) is -0.106. The van der Waals surface area contributed by atoms with E-state index < -0.39 is 5.54 Å². The Bertz CT molecular complexity index is 404. The van der Waals surface area contributed by atoms with Crippen molar-refractivity contribution < 1.29 is 9.53 Å². The van der Waals surface area contributed by atoms with Crippen molar-refractivity contribution in [1.82, 2.24) is 5.32 Å². The molecule has 1 aliphatic carbocycles. The summed E-state index contributed by atoms with van der Waals surface area (Å²) in [5, 5.41) is 5.97. The predicted octanol–water partition coefficient (Wildman–Crippen LogP) is 3.30. The highest BCUT2D eigenvalue weighted by Crippen LogP contribution is 2.40. The minimum atomic E-state index is -0.476. The number of ether oxygens (including phenoxy) is 1. The fraction of sp³-hybridized carbons (Fsp3) is 0.643. The van der Waals surface area contributed by atoms with Crippen LogP contribution in [0, 0.1) is 0 Å². The summed E-state index contributed by atoms with van der Waals surface area (Å²) < 4.78 is 6.36. The molecule has 1 aromatic rings. The lowest BCUT2D eigenvalue weighted by Crippen LogP contribution is -2.55. The molecule has 0 radical (unpaired) electrons. The second-order valence-electron chi connectivity index (χ2n) is 4.87. The third kappa shape index (κ3) is 3.52. The molecule has 0 spiro atoms. The Balaban J connectivity index is 2.06. The van der Waals surface area contributed by atoms with Gasteiger partial charge in [0, 0.05) is 5.25 Å². The minimum Gasteiger partial charge on any atom is -0.468 e. The topological polar surface area (TPSA) is 38.3 Å². The maximum Gasteiger partial charge on any atom is 0.326 e. The van der Waals surface area contributed by atoms with Crippen LogP contribution in [-0.2, 0) is 9.53 Å². The number of thiophene rings is 1. The normalized spacial score (nSPS) is 27.2. The number of hydrogen-bond acceptors (Lipinski definition) is 5. The molecule has 1 saturated carbocycles. The first-order valence-corrected chi connectivity index (χ1v) is 8.50. The van der Waals surface area contributed by atoms with E-state index in [1.807, 2.05) is 18.7 Å². The summed E-state index contributed by atoms with van der Waals surface area (Å²) in [6.07, 6.45) is 3.99. The molecule has 0 saturated heterocycles. The average Bonchev–Trinajstić information content (AvgIpc) is 2.91. The molecule has 1 N–H and O–H groups in total. The van der Waals surface area contributed by atoms with E-state index >= 15 is 0 Å². The Kier molecular flexibility index (Phi) is 5.30. The molecule has 106 valence electrons. The van der Waals surface area contributed by atoms with Crippen molar-refractivity contribution in [3.8, 4) is 0 Å². The molecule has 2 rings (SSSR count). The van der Waals surface area contributed by atoms with Gasteiger partial charge in [-0.3, -0.25) is 4.79 Å². The molecule has 5 heteroatoms. The Hall–Kier alpha value is -0.520. The number of hydrogen-bond donors (Lipinski definition) is 1. The van der Waals surface area contributed by atoms with Crippen molar-refractivity contribution in [3.63, 3.8) is 0 Å². The summed E-state index contributed by atoms with van der Waals surface area (Å²) in [6.45, 7) is 2.84. The molecular weight excluding hydrogens is 278 g/mol. The molecule has 0 aliphatic heterocycles. The Morgan fingerprint density at radius 1 is 1.68 bits per heavy atom. The predicted molar refractivity (Wildman–Crippen MR) is 80.9 cm³/mol. The lowest BCUT2D eigenvalue weighted by atomic mass is 9.81. The highest BCUT2D eigenvalue weighted by atomic mass is 32.2. The van der Waals surface area contributed by atoms with E-state index in [-0.39, 0.29) is 5.97 Å². The average molecular weight is 299 g/mol. The van der Waals surface area contributed by atoms with Gasteiger partial charge in [0.25, 0.3) is 0 Å². The summed E-state index contributed by atoms with van der Waals surface area (Å²) in [5.41, 5.74) is -0.476. The van der Waals surface area contributed by atoms with E-state index in [0.717, 1.165) is 25.8 Å². The summed E-state index contributed by atoms with van der Waals surface area (Å²) >= 11 is 3.67. The van der Waals surface area contributed by atoms with E-state index in [2.05, 4.69) is 22.8 Å². The summed E-state index contributed by atoms with van der Waals surface area (Å²) in [6, 6.07) is 4.23. The molecule has 3 nitrogen and oxygen atoms in total. The fourth-order valence-electron chi connectivity index (χ4n) is 2.77. The molecule has 1 aliphatic rings. The van der Waals surface area contributed by atoms with Gasteiger partial charge in [-0.05, 0) is 43.7 Å². The number of likely N-dealkylation sites (N-methyl/N-ethyl adjacent to an activating group) is 1. The van der Waals surface area contributed by atoms with E-state index in [1.54, 1.807) is 11.3 Å². The largest absolute Gasteiger partial charge is 0.468 e. The molecule has 19 heavy (non-hydrogen) atoms. The highest BCUT2D eigenvalue weighted by Gasteiger charge is 2.43. The van der Waals surface area contributed by atoms with Crippen LogP contribution < -0.4 is 5.32 Å². The van der Waals surface area contributed by atoms with Gasteiger partial charge in [-0.1, -0.05) is 13.0 Å². The van der Waals surface area contributed by atoms with Crippen LogP contribution in [0.3, 0.4) is 0 Å². The van der Waals surface area contributed by atoms with Gasteiger partial charge in [-0.15, -0.1) is 23.1 Å². The van der Waals surface area contributed by atoms with E-state index in [0.29, 0.717) is 5.25 Å². The zero-order chi connectivity index (χ0) is 13.7. The molecule has 1 heterocycles. The van der Waals surface area contributed by atoms with Crippen molar-refractivity contribution in [2.45, 2.75) is 47.6 Å². The zero-order valence-electron chi connectivity index (χ0n) is 11.5. The van der Waals surface area contributed by atoms with Crippen LogP contribution in [0.2, 0.25) is 0 Å². The van der Waals surface area contributed by atoms with Gasteiger partial charge < -0.3 is 10.1 Å². The number of carbonyl (C=O) groups excluding carboxylic acids is 1. The Morgan fingerprint density at radius 3 is 3.16 bits per heavy atom. The standard InChI is InChI=1S/C14H21NO2S2/c1-3-15-14(13(16)17-2)8-4-6-11(10-14)19-12-7-5-9-18-12/h5,7,9,11,15H,3-4,6,8,10H2,1-2H3. The number of carbonyl (C=O) groups is 1. The van der Waals surface area contributed by atoms with E-state index in [4.69, 9.17) is 4.74 Å². The van der Waals surface area contributed by atoms with Gasteiger partial charge in [-0.25, -0.2) is 0 Å². The molecule has 2 unspecified atom stereocenters. The summed E-state index contributed by atoms with van der Waals surface area (Å²) in [7, 11) is 1.48. The van der Waals surface area contributed by atoms with Crippen LogP contribution in [0.25, 0.3) is 0 Å². The number of thioether (sulfide) groups is 1. The monoisotopic (exact) mass is 299 g/mol. The van der Waals surface area contributed by atoms with Gasteiger partial charge in [-0.2, -0.15) is 0 Å². The van der Waals surface area contributed by atoms with Crippen LogP contribution in [0.5, 0.6) is 0 Å². The smallest absolute Gasteiger partial charge is 0.326 e. The molecule has 0 bridgehead atoms. The Morgan fingerprint density at radius 2 is 2.53 bits per heavy atom. The molecule has 0 aromatic carbocycles. The maximum atomic E-state index is 12.1. The van der Waals surface area contributed by atoms with Crippen LogP contribution >= 0.6 is 23.1 Å². The first-order valence-electron chi connectivity index (χ1n) is 6.74. The van der Waals surface area contributed by atoms with Gasteiger partial charge >= 0.3 is 5.97 Å². The molecule has 1 aromatic heterocycles. The minimum absolute atomic E-state index is 0.106. The quantitative estimate of drug-likeness (QED) is 0.847. The van der Waals surface area contributed by atoms with Crippen molar-refractivity contribution in [2.24, 2.45) is 0 Å². The molecule has 0 amide bonds. The third-order valence-electron chi connectivity index (χ3n) is 3.57. The van der Waals surface area contributed by atoms with Gasteiger partial charge in [0.05, 0.1) is 11.3 Å². The van der Waals surface area contributed by atoms with Crippen molar-refractivity contribution in [3.05, 3.63) is 17.5 Å². The van der Waals surface area contributed by atoms with Crippen LogP contribution in [0.15, 0.2) is 21.7 Å². The number of nitrogens with one attached hydrogen (secondary N) is 1. The second kappa shape index (κ2) is 6.77. The number of methoxy groups -OCH3 is 1. The number of esters is 1. The summed E-state index contributed by atoms with van der Waals surface area (Å²) in [4.78, 5) is 12.1. The molecular formula is C14H21NO2S2. The fourth-order valence-corrected chi connectivity index (χ4v) is 5.16. The molecule has 2 atom stereocenters. The lowest BCUT2D eigenvalue weighted by Gasteiger charge is -2.38. The third-order valence-corrected chi connectivity index (χ3v) is 5.92. The van der Waals surface area contributed by atoms with Gasteiger partial charge in [0.1, 0.15) is 5.54 Å². The van der Waals surface area contributed by atoms with Gasteiger partial charge in [0.2, 0.25) is 0 Å². The van der Waals surface area contributed by atoms with Crippen LogP contribution in [-0.4, -0.2) is 30.4 Å². The van der Waals surface area contributed by atoms with Crippen molar-refractivity contribution in [2.75, 3.05) is 13.7 Å². The van der Waals surface area contributed by atoms with E-state index in [9.17, 15) is 4.79 Å². The lowest BCUT2D eigenvalue weighted by molar-refractivity contribution is -0.150. The highest BCUT2D eigenvalue weighted by molar-refractivity contribution is 8.01. The first-order chi connectivity index (χ1) is 9.20. The maximum absolute atomic E-state index is 12.1. The SMILES string of the molecule is CCNC1(C(=O)OC)CCCC(Sc2cccs2)C1. The first kappa shape index (κ1) is 14.9. The second-order valence-corrected chi connectivity index (χ2v) is 7.42. The Labute approximate surface area is 123 Å². The molecule has 1 fully saturated rings.